The third-order valence-electron chi connectivity index (χ3n) is 2.57. The van der Waals surface area contributed by atoms with Crippen LogP contribution in [0.15, 0.2) is 0 Å². The smallest absolute Gasteiger partial charge is 0.112 e. The Hall–Kier alpha value is -0.0951. The number of aliphatic hydroxyl groups is 1. The lowest BCUT2D eigenvalue weighted by atomic mass is 9.92. The van der Waals surface area contributed by atoms with Gasteiger partial charge in [0.15, 0.2) is 0 Å². The van der Waals surface area contributed by atoms with E-state index in [-0.39, 0.29) is 12.2 Å². The van der Waals surface area contributed by atoms with Gasteiger partial charge in [0.05, 0.1) is 18.8 Å². The monoisotopic (exact) mass is 214 g/mol. The lowest BCUT2D eigenvalue weighted by Crippen LogP contribution is -2.38. The third kappa shape index (κ3) is 3.18. The fraction of sp³-hybridized carbons (Fsp3) is 1.00. The summed E-state index contributed by atoms with van der Waals surface area (Å²) in [4.78, 5) is 0. The van der Waals surface area contributed by atoms with Crippen LogP contribution < -0.4 is 0 Å². The van der Waals surface area contributed by atoms with Gasteiger partial charge in [0.2, 0.25) is 0 Å². The molecule has 1 saturated heterocycles. The molecule has 0 spiro atoms. The SMILES string of the molecule is [B][C@@H]1O[C@H](CC)C(O)[C@@H]1OC(C)COC. The summed E-state index contributed by atoms with van der Waals surface area (Å²) in [6.45, 7) is 4.30. The second kappa shape index (κ2) is 5.84. The minimum absolute atomic E-state index is 0.0973. The molecule has 2 unspecified atom stereocenters. The van der Waals surface area contributed by atoms with E-state index < -0.39 is 18.2 Å². The highest BCUT2D eigenvalue weighted by atomic mass is 16.6. The van der Waals surface area contributed by atoms with Gasteiger partial charge in [0, 0.05) is 13.1 Å². The van der Waals surface area contributed by atoms with Crippen molar-refractivity contribution in [3.8, 4) is 0 Å². The first kappa shape index (κ1) is 13.0. The number of ether oxygens (including phenoxy) is 3. The fourth-order valence-electron chi connectivity index (χ4n) is 1.80. The molecule has 0 aromatic heterocycles. The Morgan fingerprint density at radius 3 is 2.67 bits per heavy atom. The highest BCUT2D eigenvalue weighted by Crippen LogP contribution is 2.25. The fourth-order valence-corrected chi connectivity index (χ4v) is 1.80. The molecule has 0 amide bonds. The van der Waals surface area contributed by atoms with E-state index in [0.29, 0.717) is 6.61 Å². The number of hydrogen-bond acceptors (Lipinski definition) is 4. The summed E-state index contributed by atoms with van der Waals surface area (Å²) in [6, 6.07) is -0.552. The van der Waals surface area contributed by atoms with E-state index in [9.17, 15) is 5.11 Å². The molecule has 1 N–H and O–H groups in total. The third-order valence-corrected chi connectivity index (χ3v) is 2.57. The van der Waals surface area contributed by atoms with Crippen LogP contribution in [0, 0.1) is 0 Å². The maximum Gasteiger partial charge on any atom is 0.112 e. The van der Waals surface area contributed by atoms with Crippen molar-refractivity contribution < 1.29 is 19.3 Å². The molecule has 1 rings (SSSR count). The van der Waals surface area contributed by atoms with Gasteiger partial charge in [-0.2, -0.15) is 0 Å². The van der Waals surface area contributed by atoms with Crippen molar-refractivity contribution in [3.63, 3.8) is 0 Å². The molecule has 4 nitrogen and oxygen atoms in total. The van der Waals surface area contributed by atoms with Crippen LogP contribution in [0.4, 0.5) is 0 Å². The number of rotatable bonds is 5. The van der Waals surface area contributed by atoms with Crippen molar-refractivity contribution in [1.29, 1.82) is 0 Å². The summed E-state index contributed by atoms with van der Waals surface area (Å²) in [7, 11) is 7.34. The van der Waals surface area contributed by atoms with Gasteiger partial charge in [-0.3, -0.25) is 0 Å². The van der Waals surface area contributed by atoms with Crippen molar-refractivity contribution in [3.05, 3.63) is 0 Å². The normalized spacial score (nSPS) is 38.1. The molecular formula is C10H19BO4. The molecule has 1 heterocycles. The molecule has 0 saturated carbocycles. The van der Waals surface area contributed by atoms with Gasteiger partial charge in [0.25, 0.3) is 0 Å². The molecule has 1 aliphatic rings. The van der Waals surface area contributed by atoms with E-state index in [1.54, 1.807) is 7.11 Å². The Balaban J connectivity index is 2.46. The minimum atomic E-state index is -0.649. The first-order chi connectivity index (χ1) is 7.10. The Morgan fingerprint density at radius 1 is 1.53 bits per heavy atom. The summed E-state index contributed by atoms with van der Waals surface area (Å²) in [6.07, 6.45) is -0.697. The van der Waals surface area contributed by atoms with Crippen LogP contribution in [0.25, 0.3) is 0 Å². The van der Waals surface area contributed by atoms with Gasteiger partial charge in [-0.25, -0.2) is 0 Å². The molecule has 0 bridgehead atoms. The Labute approximate surface area is 92.3 Å². The first-order valence-corrected chi connectivity index (χ1v) is 5.33. The Morgan fingerprint density at radius 2 is 2.20 bits per heavy atom. The van der Waals surface area contributed by atoms with Crippen LogP contribution in [0.3, 0.4) is 0 Å². The summed E-state index contributed by atoms with van der Waals surface area (Å²) in [5, 5.41) is 9.87. The van der Waals surface area contributed by atoms with Gasteiger partial charge in [-0.15, -0.1) is 0 Å². The highest BCUT2D eigenvalue weighted by Gasteiger charge is 2.41. The maximum atomic E-state index is 9.87. The van der Waals surface area contributed by atoms with Gasteiger partial charge in [0.1, 0.15) is 20.1 Å². The van der Waals surface area contributed by atoms with E-state index >= 15 is 0 Å². The van der Waals surface area contributed by atoms with Crippen molar-refractivity contribution in [2.45, 2.75) is 50.7 Å². The van der Waals surface area contributed by atoms with Gasteiger partial charge >= 0.3 is 0 Å². The summed E-state index contributed by atoms with van der Waals surface area (Å²) in [5.41, 5.74) is 0. The van der Waals surface area contributed by atoms with Gasteiger partial charge < -0.3 is 19.3 Å². The summed E-state index contributed by atoms with van der Waals surface area (Å²) in [5.74, 6) is 0. The standard InChI is InChI=1S/C10H19BO4/c1-4-7-8(12)9(10(11)15-7)14-6(2)5-13-3/h6-10,12H,4-5H2,1-3H3/t6?,7-,8?,9+,10-/m1/s1. The Bertz CT molecular complexity index is 190. The lowest BCUT2D eigenvalue weighted by molar-refractivity contribution is -0.0792. The number of aliphatic hydroxyl groups excluding tert-OH is 1. The van der Waals surface area contributed by atoms with Crippen molar-refractivity contribution in [2.24, 2.45) is 0 Å². The molecular weight excluding hydrogens is 195 g/mol. The molecule has 1 aliphatic heterocycles. The van der Waals surface area contributed by atoms with E-state index in [2.05, 4.69) is 0 Å². The zero-order chi connectivity index (χ0) is 11.4. The lowest BCUT2D eigenvalue weighted by Gasteiger charge is -2.23. The van der Waals surface area contributed by atoms with Crippen LogP contribution in [0.1, 0.15) is 20.3 Å². The molecule has 2 radical (unpaired) electrons. The predicted molar refractivity (Wildman–Crippen MR) is 56.9 cm³/mol. The molecule has 86 valence electrons. The van der Waals surface area contributed by atoms with Crippen LogP contribution in [-0.4, -0.2) is 57.1 Å². The molecule has 0 aliphatic carbocycles. The Kier molecular flexibility index (Phi) is 5.05. The quantitative estimate of drug-likeness (QED) is 0.658. The van der Waals surface area contributed by atoms with E-state index in [1.165, 1.54) is 0 Å². The van der Waals surface area contributed by atoms with E-state index in [1.807, 2.05) is 13.8 Å². The van der Waals surface area contributed by atoms with Gasteiger partial charge in [-0.1, -0.05) is 6.92 Å². The summed E-state index contributed by atoms with van der Waals surface area (Å²) < 4.78 is 15.9. The topological polar surface area (TPSA) is 47.9 Å². The second-order valence-electron chi connectivity index (χ2n) is 3.90. The molecule has 5 atom stereocenters. The second-order valence-corrected chi connectivity index (χ2v) is 3.90. The van der Waals surface area contributed by atoms with Crippen molar-refractivity contribution in [1.82, 2.24) is 0 Å². The van der Waals surface area contributed by atoms with E-state index in [4.69, 9.17) is 22.1 Å². The van der Waals surface area contributed by atoms with Gasteiger partial charge in [-0.05, 0) is 13.3 Å². The van der Waals surface area contributed by atoms with E-state index in [0.717, 1.165) is 6.42 Å². The maximum absolute atomic E-state index is 9.87. The average molecular weight is 214 g/mol. The molecule has 1 fully saturated rings. The average Bonchev–Trinajstić information content (AvgIpc) is 2.45. The highest BCUT2D eigenvalue weighted by molar-refractivity contribution is 6.11. The molecule has 15 heavy (non-hydrogen) atoms. The van der Waals surface area contributed by atoms with Crippen LogP contribution >= 0.6 is 0 Å². The van der Waals surface area contributed by atoms with Crippen LogP contribution in [-0.2, 0) is 14.2 Å². The van der Waals surface area contributed by atoms with Crippen LogP contribution in [0.5, 0.6) is 0 Å². The largest absolute Gasteiger partial charge is 0.388 e. The molecule has 0 aromatic rings. The zero-order valence-electron chi connectivity index (χ0n) is 9.55. The predicted octanol–water partition coefficient (Wildman–Crippen LogP) is 0.0708. The summed E-state index contributed by atoms with van der Waals surface area (Å²) >= 11 is 0. The number of hydrogen-bond donors (Lipinski definition) is 1. The number of methoxy groups -OCH3 is 1. The zero-order valence-corrected chi connectivity index (χ0v) is 9.55. The minimum Gasteiger partial charge on any atom is -0.388 e. The van der Waals surface area contributed by atoms with Crippen LogP contribution in [0.2, 0.25) is 0 Å². The van der Waals surface area contributed by atoms with Crippen molar-refractivity contribution in [2.75, 3.05) is 13.7 Å². The molecule has 0 aromatic carbocycles. The van der Waals surface area contributed by atoms with Crippen molar-refractivity contribution >= 4 is 7.85 Å². The first-order valence-electron chi connectivity index (χ1n) is 5.33. The molecule has 5 heteroatoms.